The number of pyridine rings is 1. The lowest BCUT2D eigenvalue weighted by Crippen LogP contribution is -2.40. The molecule has 202 valence electrons. The number of benzene rings is 1. The molecule has 40 heavy (non-hydrogen) atoms. The third-order valence-electron chi connectivity index (χ3n) is 8.31. The van der Waals surface area contributed by atoms with E-state index in [9.17, 15) is 9.59 Å². The zero-order valence-corrected chi connectivity index (χ0v) is 21.9. The van der Waals surface area contributed by atoms with E-state index in [0.29, 0.717) is 47.5 Å². The molecule has 0 unspecified atom stereocenters. The van der Waals surface area contributed by atoms with Gasteiger partial charge in [-0.3, -0.25) is 14.5 Å². The Hall–Kier alpha value is -4.51. The Morgan fingerprint density at radius 2 is 2.00 bits per heavy atom. The molecule has 3 aromatic heterocycles. The number of aromatic nitrogens is 5. The van der Waals surface area contributed by atoms with Crippen molar-refractivity contribution in [2.75, 3.05) is 29.9 Å². The summed E-state index contributed by atoms with van der Waals surface area (Å²) in [6.07, 6.45) is 10.5. The summed E-state index contributed by atoms with van der Waals surface area (Å²) >= 11 is 0. The van der Waals surface area contributed by atoms with Crippen LogP contribution < -0.4 is 25.8 Å². The molecule has 1 aromatic carbocycles. The van der Waals surface area contributed by atoms with Gasteiger partial charge in [0.05, 0.1) is 6.54 Å². The third kappa shape index (κ3) is 3.64. The van der Waals surface area contributed by atoms with Crippen molar-refractivity contribution < 1.29 is 9.53 Å². The summed E-state index contributed by atoms with van der Waals surface area (Å²) in [6, 6.07) is 10.0. The van der Waals surface area contributed by atoms with Gasteiger partial charge in [-0.2, -0.15) is 4.98 Å². The largest absolute Gasteiger partial charge is 0.480 e. The molecule has 4 aromatic rings. The number of carbonyl (C=O) groups excluding carboxylic acids is 1. The molecule has 8 rings (SSSR count). The highest BCUT2D eigenvalue weighted by Gasteiger charge is 2.46. The molecule has 1 fully saturated rings. The number of nitrogens with zero attached hydrogens (tertiary/aromatic N) is 6. The molecule has 6 heterocycles. The summed E-state index contributed by atoms with van der Waals surface area (Å²) in [5.74, 6) is 1.75. The van der Waals surface area contributed by atoms with E-state index in [0.717, 1.165) is 44.3 Å². The van der Waals surface area contributed by atoms with Crippen molar-refractivity contribution >= 4 is 34.4 Å². The van der Waals surface area contributed by atoms with Crippen molar-refractivity contribution in [3.8, 4) is 11.6 Å². The number of rotatable bonds is 2. The normalized spacial score (nSPS) is 18.9. The van der Waals surface area contributed by atoms with Gasteiger partial charge >= 0.3 is 0 Å². The monoisotopic (exact) mass is 536 g/mol. The Balaban J connectivity index is 1.25. The minimum absolute atomic E-state index is 0.0108. The van der Waals surface area contributed by atoms with Crippen LogP contribution in [-0.2, 0) is 23.3 Å². The van der Waals surface area contributed by atoms with E-state index in [4.69, 9.17) is 14.7 Å². The highest BCUT2D eigenvalue weighted by atomic mass is 16.5. The van der Waals surface area contributed by atoms with Crippen LogP contribution in [0.1, 0.15) is 36.8 Å². The summed E-state index contributed by atoms with van der Waals surface area (Å²) in [6.45, 7) is 1.90. The number of carbonyl (C=O) groups is 1. The van der Waals surface area contributed by atoms with Crippen molar-refractivity contribution in [1.29, 1.82) is 0 Å². The predicted molar refractivity (Wildman–Crippen MR) is 149 cm³/mol. The summed E-state index contributed by atoms with van der Waals surface area (Å²) in [5.41, 5.74) is 3.99. The van der Waals surface area contributed by atoms with E-state index in [1.54, 1.807) is 32.6 Å². The molecule has 1 spiro atoms. The van der Waals surface area contributed by atoms with Crippen LogP contribution in [0.2, 0.25) is 0 Å². The van der Waals surface area contributed by atoms with Crippen molar-refractivity contribution in [3.63, 3.8) is 0 Å². The average Bonchev–Trinajstić information content (AvgIpc) is 3.68. The van der Waals surface area contributed by atoms with Gasteiger partial charge in [0.15, 0.2) is 29.6 Å². The molecular formula is C29H28N8O3. The van der Waals surface area contributed by atoms with Crippen molar-refractivity contribution in [2.45, 2.75) is 44.2 Å². The van der Waals surface area contributed by atoms with Gasteiger partial charge in [-0.05, 0) is 67.5 Å². The Labute approximate surface area is 229 Å². The molecule has 0 saturated heterocycles. The number of ether oxygens (including phenoxy) is 1. The van der Waals surface area contributed by atoms with Crippen LogP contribution >= 0.6 is 0 Å². The van der Waals surface area contributed by atoms with Gasteiger partial charge in [-0.25, -0.2) is 19.3 Å². The summed E-state index contributed by atoms with van der Waals surface area (Å²) in [4.78, 5) is 42.0. The minimum Gasteiger partial charge on any atom is -0.480 e. The van der Waals surface area contributed by atoms with Crippen LogP contribution in [0, 0.1) is 0 Å². The smallest absolute Gasteiger partial charge is 0.278 e. The van der Waals surface area contributed by atoms with Gasteiger partial charge in [-0.1, -0.05) is 18.2 Å². The highest BCUT2D eigenvalue weighted by Crippen LogP contribution is 2.49. The van der Waals surface area contributed by atoms with Crippen LogP contribution in [0.25, 0.3) is 16.9 Å². The second kappa shape index (κ2) is 8.75. The quantitative estimate of drug-likeness (QED) is 0.376. The topological polar surface area (TPSA) is 119 Å². The fourth-order valence-electron chi connectivity index (χ4n) is 6.11. The second-order valence-corrected chi connectivity index (χ2v) is 10.8. The van der Waals surface area contributed by atoms with Gasteiger partial charge < -0.3 is 15.4 Å². The van der Waals surface area contributed by atoms with Gasteiger partial charge in [0.25, 0.3) is 11.5 Å². The molecule has 1 aliphatic carbocycles. The van der Waals surface area contributed by atoms with Crippen LogP contribution in [0.15, 0.2) is 53.5 Å². The summed E-state index contributed by atoms with van der Waals surface area (Å²) in [7, 11) is 0. The predicted octanol–water partition coefficient (Wildman–Crippen LogP) is 2.93. The maximum Gasteiger partial charge on any atom is 0.278 e. The van der Waals surface area contributed by atoms with Gasteiger partial charge in [0.1, 0.15) is 5.39 Å². The van der Waals surface area contributed by atoms with Crippen molar-refractivity contribution in [3.05, 3.63) is 70.2 Å². The standard InChI is InChI=1S/C29H28N8O3/c38-24-17-40-22-7-8-23-33-26(22)35(24)13-3-1-2-4-14-36-27(39)20-16-30-28(34-25(20)37(23)36)32-19-6-5-18-9-12-31-29(10-11-29)21(18)15-19/h2,4-8,15-16,31H,1,3,9-14,17H2,(H,30,32,34). The van der Waals surface area contributed by atoms with E-state index in [1.807, 2.05) is 12.2 Å². The molecule has 0 radical (unpaired) electrons. The second-order valence-electron chi connectivity index (χ2n) is 10.8. The maximum absolute atomic E-state index is 13.5. The third-order valence-corrected chi connectivity index (χ3v) is 8.31. The zero-order chi connectivity index (χ0) is 26.8. The molecule has 1 saturated carbocycles. The van der Waals surface area contributed by atoms with E-state index in [2.05, 4.69) is 33.8 Å². The minimum atomic E-state index is -0.206. The Kier molecular flexibility index (Phi) is 5.12. The van der Waals surface area contributed by atoms with E-state index in [-0.39, 0.29) is 23.6 Å². The van der Waals surface area contributed by atoms with E-state index >= 15 is 0 Å². The van der Waals surface area contributed by atoms with Crippen LogP contribution in [0.3, 0.4) is 0 Å². The first-order valence-electron chi connectivity index (χ1n) is 13.8. The molecule has 11 heteroatoms. The van der Waals surface area contributed by atoms with Crippen LogP contribution in [0.4, 0.5) is 17.5 Å². The van der Waals surface area contributed by atoms with Gasteiger partial charge in [0, 0.05) is 30.5 Å². The highest BCUT2D eigenvalue weighted by molar-refractivity contribution is 5.96. The Morgan fingerprint density at radius 1 is 1.07 bits per heavy atom. The lowest BCUT2D eigenvalue weighted by molar-refractivity contribution is -0.121. The molecule has 2 N–H and O–H groups in total. The first-order chi connectivity index (χ1) is 19.6. The van der Waals surface area contributed by atoms with Gasteiger partial charge in [-0.15, -0.1) is 0 Å². The number of hydrogen-bond donors (Lipinski definition) is 2. The summed E-state index contributed by atoms with van der Waals surface area (Å²) in [5, 5.41) is 7.44. The van der Waals surface area contributed by atoms with E-state index < -0.39 is 0 Å². The van der Waals surface area contributed by atoms with Crippen LogP contribution in [0.5, 0.6) is 5.75 Å². The first kappa shape index (κ1) is 23.4. The number of anilines is 3. The molecule has 0 atom stereocenters. The van der Waals surface area contributed by atoms with Crippen molar-refractivity contribution in [1.82, 2.24) is 29.6 Å². The van der Waals surface area contributed by atoms with Crippen molar-refractivity contribution in [2.24, 2.45) is 0 Å². The number of allylic oxidation sites excluding steroid dienone is 2. The number of fused-ring (bicyclic) bond motifs is 7. The summed E-state index contributed by atoms with van der Waals surface area (Å²) < 4.78 is 8.98. The van der Waals surface area contributed by atoms with E-state index in [1.165, 1.54) is 11.1 Å². The SMILES string of the molecule is O=C1COc2ccc3nc2N1CCCC=CCn1c(=O)c2cnc(Nc4ccc5c(c4)C4(CC4)NCC5)nc2n1-3. The Bertz CT molecular complexity index is 1780. The molecule has 3 aliphatic heterocycles. The maximum atomic E-state index is 13.5. The fourth-order valence-corrected chi connectivity index (χ4v) is 6.11. The fraction of sp³-hybridized carbons (Fsp3) is 0.345. The molecule has 11 nitrogen and oxygen atoms in total. The van der Waals surface area contributed by atoms with Crippen LogP contribution in [-0.4, -0.2) is 49.9 Å². The first-order valence-corrected chi connectivity index (χ1v) is 13.8. The van der Waals surface area contributed by atoms with Gasteiger partial charge in [0.2, 0.25) is 5.95 Å². The lowest BCUT2D eigenvalue weighted by atomic mass is 9.92. The molecule has 2 bridgehead atoms. The molecule has 1 amide bonds. The lowest BCUT2D eigenvalue weighted by Gasteiger charge is -2.28. The number of hydrogen-bond acceptors (Lipinski definition) is 8. The molecule has 4 aliphatic rings. The average molecular weight is 537 g/mol. The number of amides is 1. The Morgan fingerprint density at radius 3 is 2.90 bits per heavy atom. The number of nitrogens with one attached hydrogen (secondary N) is 2. The zero-order valence-electron chi connectivity index (χ0n) is 21.9. The molecular weight excluding hydrogens is 508 g/mol.